The summed E-state index contributed by atoms with van der Waals surface area (Å²) in [4.78, 5) is 0. The minimum atomic E-state index is -1.60. The molecule has 0 bridgehead atoms. The molecular formula is C14H28O2Si2. The van der Waals surface area contributed by atoms with Gasteiger partial charge in [0.2, 0.25) is 16.6 Å². The van der Waals surface area contributed by atoms with E-state index in [9.17, 15) is 0 Å². The third-order valence-electron chi connectivity index (χ3n) is 3.02. The zero-order valence-corrected chi connectivity index (χ0v) is 15.4. The molecular weight excluding hydrogens is 256 g/mol. The van der Waals surface area contributed by atoms with Gasteiger partial charge < -0.3 is 8.85 Å². The van der Waals surface area contributed by atoms with Crippen molar-refractivity contribution in [3.63, 3.8) is 0 Å². The van der Waals surface area contributed by atoms with E-state index >= 15 is 0 Å². The highest BCUT2D eigenvalue weighted by molar-refractivity contribution is 6.70. The van der Waals surface area contributed by atoms with Crippen molar-refractivity contribution in [2.45, 2.75) is 60.1 Å². The monoisotopic (exact) mass is 284 g/mol. The average Bonchev–Trinajstić information content (AvgIpc) is 2.31. The van der Waals surface area contributed by atoms with Gasteiger partial charge in [-0.1, -0.05) is 12.5 Å². The van der Waals surface area contributed by atoms with Gasteiger partial charge in [0.1, 0.15) is 11.5 Å². The van der Waals surface area contributed by atoms with E-state index in [1.807, 2.05) is 0 Å². The van der Waals surface area contributed by atoms with Crippen LogP contribution in [-0.2, 0) is 8.85 Å². The van der Waals surface area contributed by atoms with Gasteiger partial charge in [0.05, 0.1) is 0 Å². The topological polar surface area (TPSA) is 18.5 Å². The molecule has 2 nitrogen and oxygen atoms in total. The molecule has 0 aromatic carbocycles. The standard InChI is InChI=1S/C14H28O2Si2/c1-10-11(2)13(15-17(4,5)6)14(12(10)3)16-18(7,8)9/h11H,1-9H3. The molecule has 0 N–H and O–H groups in total. The third kappa shape index (κ3) is 3.75. The van der Waals surface area contributed by atoms with E-state index in [2.05, 4.69) is 60.1 Å². The Morgan fingerprint density at radius 1 is 0.833 bits per heavy atom. The molecule has 1 rings (SSSR count). The summed E-state index contributed by atoms with van der Waals surface area (Å²) in [6, 6.07) is 0. The maximum Gasteiger partial charge on any atom is 0.242 e. The predicted octanol–water partition coefficient (Wildman–Crippen LogP) is 4.89. The summed E-state index contributed by atoms with van der Waals surface area (Å²) in [7, 11) is -3.19. The Morgan fingerprint density at radius 3 is 1.67 bits per heavy atom. The summed E-state index contributed by atoms with van der Waals surface area (Å²) in [5.74, 6) is 2.47. The van der Waals surface area contributed by atoms with Gasteiger partial charge in [0.15, 0.2) is 0 Å². The van der Waals surface area contributed by atoms with Crippen LogP contribution in [0.2, 0.25) is 39.3 Å². The number of allylic oxidation sites excluding steroid dienone is 2. The first kappa shape index (κ1) is 15.6. The minimum absolute atomic E-state index is 0.364. The van der Waals surface area contributed by atoms with Gasteiger partial charge in [-0.25, -0.2) is 0 Å². The van der Waals surface area contributed by atoms with Crippen LogP contribution in [0.5, 0.6) is 0 Å². The third-order valence-corrected chi connectivity index (χ3v) is 4.67. The predicted molar refractivity (Wildman–Crippen MR) is 83.4 cm³/mol. The van der Waals surface area contributed by atoms with Crippen LogP contribution < -0.4 is 0 Å². The van der Waals surface area contributed by atoms with Crippen LogP contribution in [0.3, 0.4) is 0 Å². The highest BCUT2D eigenvalue weighted by atomic mass is 28.4. The van der Waals surface area contributed by atoms with Crippen molar-refractivity contribution < 1.29 is 8.85 Å². The second-order valence-corrected chi connectivity index (χ2v) is 16.0. The smallest absolute Gasteiger partial charge is 0.242 e. The summed E-state index contributed by atoms with van der Waals surface area (Å²) in [6.45, 7) is 19.9. The van der Waals surface area contributed by atoms with Gasteiger partial charge in [-0.15, -0.1) is 0 Å². The largest absolute Gasteiger partial charge is 0.544 e. The van der Waals surface area contributed by atoms with E-state index < -0.39 is 16.6 Å². The first-order valence-electron chi connectivity index (χ1n) is 6.72. The normalized spacial score (nSPS) is 21.7. The molecule has 0 spiro atoms. The maximum absolute atomic E-state index is 6.28. The molecule has 1 aliphatic carbocycles. The molecule has 0 heterocycles. The summed E-state index contributed by atoms with van der Waals surface area (Å²) in [5.41, 5.74) is 2.66. The highest BCUT2D eigenvalue weighted by Crippen LogP contribution is 2.40. The molecule has 0 amide bonds. The number of rotatable bonds is 4. The SMILES string of the molecule is CC1=C(C)C(C)C(O[Si](C)(C)C)=C1O[Si](C)(C)C. The molecule has 1 unspecified atom stereocenters. The molecule has 0 aromatic rings. The van der Waals surface area contributed by atoms with Crippen molar-refractivity contribution in [3.05, 3.63) is 22.7 Å². The van der Waals surface area contributed by atoms with Crippen LogP contribution in [0.1, 0.15) is 20.8 Å². The fourth-order valence-electron chi connectivity index (χ4n) is 1.98. The number of hydrogen-bond donors (Lipinski definition) is 0. The van der Waals surface area contributed by atoms with Crippen LogP contribution in [0.25, 0.3) is 0 Å². The molecule has 0 radical (unpaired) electrons. The lowest BCUT2D eigenvalue weighted by Crippen LogP contribution is -2.29. The average molecular weight is 285 g/mol. The van der Waals surface area contributed by atoms with Crippen molar-refractivity contribution in [3.8, 4) is 0 Å². The van der Waals surface area contributed by atoms with E-state index in [0.29, 0.717) is 5.92 Å². The lowest BCUT2D eigenvalue weighted by atomic mass is 10.0. The van der Waals surface area contributed by atoms with Crippen LogP contribution in [-0.4, -0.2) is 16.6 Å². The Bertz CT molecular complexity index is 395. The fraction of sp³-hybridized carbons (Fsp3) is 0.714. The van der Waals surface area contributed by atoms with Crippen molar-refractivity contribution in [1.82, 2.24) is 0 Å². The van der Waals surface area contributed by atoms with Crippen molar-refractivity contribution in [2.75, 3.05) is 0 Å². The molecule has 4 heteroatoms. The van der Waals surface area contributed by atoms with Gasteiger partial charge in [-0.3, -0.25) is 0 Å². The summed E-state index contributed by atoms with van der Waals surface area (Å²) in [5, 5.41) is 0. The molecule has 104 valence electrons. The first-order chi connectivity index (χ1) is 7.92. The molecule has 1 aliphatic rings. The van der Waals surface area contributed by atoms with E-state index in [0.717, 1.165) is 11.5 Å². The van der Waals surface area contributed by atoms with Gasteiger partial charge in [-0.05, 0) is 58.7 Å². The summed E-state index contributed by atoms with van der Waals surface area (Å²) >= 11 is 0. The quantitative estimate of drug-likeness (QED) is 0.685. The molecule has 0 aliphatic heterocycles. The Balaban J connectivity index is 3.14. The molecule has 0 fully saturated rings. The Labute approximate surface area is 114 Å². The van der Waals surface area contributed by atoms with Crippen LogP contribution in [0.4, 0.5) is 0 Å². The van der Waals surface area contributed by atoms with Gasteiger partial charge in [0, 0.05) is 5.92 Å². The minimum Gasteiger partial charge on any atom is -0.544 e. The van der Waals surface area contributed by atoms with Gasteiger partial charge >= 0.3 is 0 Å². The molecule has 0 saturated heterocycles. The van der Waals surface area contributed by atoms with Crippen LogP contribution in [0, 0.1) is 5.92 Å². The molecule has 0 aromatic heterocycles. The lowest BCUT2D eigenvalue weighted by Gasteiger charge is -2.27. The van der Waals surface area contributed by atoms with E-state index in [1.54, 1.807) is 0 Å². The maximum atomic E-state index is 6.28. The molecule has 18 heavy (non-hydrogen) atoms. The van der Waals surface area contributed by atoms with Gasteiger partial charge in [-0.2, -0.15) is 0 Å². The van der Waals surface area contributed by atoms with E-state index in [1.165, 1.54) is 11.1 Å². The Kier molecular flexibility index (Phi) is 4.23. The van der Waals surface area contributed by atoms with Crippen LogP contribution >= 0.6 is 0 Å². The van der Waals surface area contributed by atoms with Crippen LogP contribution in [0.15, 0.2) is 22.7 Å². The van der Waals surface area contributed by atoms with E-state index in [4.69, 9.17) is 8.85 Å². The van der Waals surface area contributed by atoms with Gasteiger partial charge in [0.25, 0.3) is 0 Å². The van der Waals surface area contributed by atoms with E-state index in [-0.39, 0.29) is 0 Å². The summed E-state index contributed by atoms with van der Waals surface area (Å²) in [6.07, 6.45) is 0. The Morgan fingerprint density at radius 2 is 1.28 bits per heavy atom. The lowest BCUT2D eigenvalue weighted by molar-refractivity contribution is 0.327. The molecule has 1 atom stereocenters. The second kappa shape index (κ2) is 4.89. The Hall–Kier alpha value is -0.486. The zero-order chi connectivity index (χ0) is 14.3. The molecule has 0 saturated carbocycles. The first-order valence-corrected chi connectivity index (χ1v) is 13.5. The fourth-order valence-corrected chi connectivity index (χ4v) is 3.77. The highest BCUT2D eigenvalue weighted by Gasteiger charge is 2.34. The number of hydrogen-bond acceptors (Lipinski definition) is 2. The second-order valence-electron chi connectivity index (χ2n) is 7.15. The van der Waals surface area contributed by atoms with Crippen molar-refractivity contribution in [1.29, 1.82) is 0 Å². The summed E-state index contributed by atoms with van der Waals surface area (Å²) < 4.78 is 12.6. The van der Waals surface area contributed by atoms with Crippen molar-refractivity contribution in [2.24, 2.45) is 5.92 Å². The zero-order valence-electron chi connectivity index (χ0n) is 13.4. The van der Waals surface area contributed by atoms with Crippen molar-refractivity contribution >= 4 is 16.6 Å².